The van der Waals surface area contributed by atoms with Gasteiger partial charge in [0.15, 0.2) is 5.96 Å². The lowest BCUT2D eigenvalue weighted by Gasteiger charge is -2.40. The van der Waals surface area contributed by atoms with Gasteiger partial charge in [-0.1, -0.05) is 0 Å². The average molecular weight is 345 g/mol. The van der Waals surface area contributed by atoms with Gasteiger partial charge in [-0.25, -0.2) is 4.79 Å². The summed E-state index contributed by atoms with van der Waals surface area (Å²) >= 11 is 1.87. The van der Waals surface area contributed by atoms with Gasteiger partial charge in [0, 0.05) is 26.2 Å². The summed E-state index contributed by atoms with van der Waals surface area (Å²) in [6, 6.07) is 0.242. The van der Waals surface area contributed by atoms with Gasteiger partial charge in [0.2, 0.25) is 0 Å². The van der Waals surface area contributed by atoms with Crippen LogP contribution in [-0.2, 0) is 4.74 Å². The minimum Gasteiger partial charge on any atom is -0.444 e. The summed E-state index contributed by atoms with van der Waals surface area (Å²) in [7, 11) is 0. The average Bonchev–Trinajstić information content (AvgIpc) is 2.39. The smallest absolute Gasteiger partial charge is 0.410 e. The molecule has 1 aliphatic rings. The molecular formula is C16H32N4O2S. The fourth-order valence-electron chi connectivity index (χ4n) is 2.11. The van der Waals surface area contributed by atoms with E-state index in [1.807, 2.05) is 32.5 Å². The van der Waals surface area contributed by atoms with Crippen molar-refractivity contribution in [2.45, 2.75) is 52.2 Å². The number of carbonyl (C=O) groups is 1. The van der Waals surface area contributed by atoms with E-state index in [0.29, 0.717) is 13.1 Å². The quantitative estimate of drug-likeness (QED) is 0.421. The van der Waals surface area contributed by atoms with Crippen molar-refractivity contribution in [3.8, 4) is 0 Å². The molecule has 23 heavy (non-hydrogen) atoms. The van der Waals surface area contributed by atoms with Crippen molar-refractivity contribution in [2.75, 3.05) is 38.2 Å². The molecule has 0 aromatic heterocycles. The number of amides is 1. The molecule has 0 radical (unpaired) electrons. The first-order valence-electron chi connectivity index (χ1n) is 8.37. The number of unbranched alkanes of at least 4 members (excludes halogenated alkanes) is 1. The molecule has 0 aromatic carbocycles. The van der Waals surface area contributed by atoms with Crippen molar-refractivity contribution in [3.05, 3.63) is 0 Å². The zero-order chi connectivity index (χ0) is 17.3. The zero-order valence-electron chi connectivity index (χ0n) is 15.1. The van der Waals surface area contributed by atoms with E-state index in [1.54, 1.807) is 4.90 Å². The van der Waals surface area contributed by atoms with Crippen LogP contribution in [0, 0.1) is 0 Å². The molecule has 2 N–H and O–H groups in total. The van der Waals surface area contributed by atoms with Gasteiger partial charge in [-0.05, 0) is 52.5 Å². The summed E-state index contributed by atoms with van der Waals surface area (Å²) in [5, 5.41) is 6.63. The first kappa shape index (κ1) is 19.9. The monoisotopic (exact) mass is 344 g/mol. The number of hydrogen-bond acceptors (Lipinski definition) is 4. The summed E-state index contributed by atoms with van der Waals surface area (Å²) in [4.78, 5) is 18.2. The molecule has 0 bridgehead atoms. The second kappa shape index (κ2) is 9.90. The Morgan fingerprint density at radius 1 is 1.35 bits per heavy atom. The van der Waals surface area contributed by atoms with Crippen LogP contribution in [-0.4, -0.2) is 66.8 Å². The van der Waals surface area contributed by atoms with E-state index in [2.05, 4.69) is 28.8 Å². The highest BCUT2D eigenvalue weighted by Gasteiger charge is 2.34. The highest BCUT2D eigenvalue weighted by Crippen LogP contribution is 2.15. The maximum absolute atomic E-state index is 11.9. The third-order valence-electron chi connectivity index (χ3n) is 3.24. The first-order valence-corrected chi connectivity index (χ1v) is 9.76. The van der Waals surface area contributed by atoms with Crippen LogP contribution in [0.2, 0.25) is 0 Å². The van der Waals surface area contributed by atoms with Crippen LogP contribution < -0.4 is 10.6 Å². The Labute approximate surface area is 144 Å². The molecule has 1 rings (SSSR count). The number of nitrogens with zero attached hydrogens (tertiary/aromatic N) is 2. The number of carbonyl (C=O) groups excluding carboxylic acids is 1. The topological polar surface area (TPSA) is 66.0 Å². The van der Waals surface area contributed by atoms with E-state index in [-0.39, 0.29) is 12.1 Å². The maximum Gasteiger partial charge on any atom is 0.410 e. The summed E-state index contributed by atoms with van der Waals surface area (Å²) in [5.41, 5.74) is -0.442. The standard InChI is InChI=1S/C16H32N4O2S/c1-6-17-14(18-9-7-8-10-23-5)19-13-11-20(12-13)15(21)22-16(2,3)4/h13H,6-12H2,1-5H3,(H2,17,18,19). The van der Waals surface area contributed by atoms with Gasteiger partial charge in [-0.15, -0.1) is 0 Å². The largest absolute Gasteiger partial charge is 0.444 e. The molecule has 0 saturated carbocycles. The van der Waals surface area contributed by atoms with Gasteiger partial charge in [0.25, 0.3) is 0 Å². The number of nitrogens with one attached hydrogen (secondary N) is 2. The minimum absolute atomic E-state index is 0.241. The molecule has 1 saturated heterocycles. The van der Waals surface area contributed by atoms with Gasteiger partial charge in [-0.2, -0.15) is 11.8 Å². The van der Waals surface area contributed by atoms with Crippen molar-refractivity contribution < 1.29 is 9.53 Å². The second-order valence-electron chi connectivity index (χ2n) is 6.69. The van der Waals surface area contributed by atoms with E-state index in [0.717, 1.165) is 25.5 Å². The van der Waals surface area contributed by atoms with Gasteiger partial charge in [0.05, 0.1) is 6.04 Å². The molecule has 0 aromatic rings. The third kappa shape index (κ3) is 8.34. The van der Waals surface area contributed by atoms with E-state index in [9.17, 15) is 4.79 Å². The van der Waals surface area contributed by atoms with E-state index in [4.69, 9.17) is 4.74 Å². The fraction of sp³-hybridized carbons (Fsp3) is 0.875. The number of guanidine groups is 1. The molecule has 134 valence electrons. The van der Waals surface area contributed by atoms with E-state index < -0.39 is 5.60 Å². The van der Waals surface area contributed by atoms with Crippen molar-refractivity contribution in [2.24, 2.45) is 4.99 Å². The van der Waals surface area contributed by atoms with Crippen molar-refractivity contribution >= 4 is 23.8 Å². The second-order valence-corrected chi connectivity index (χ2v) is 7.67. The highest BCUT2D eigenvalue weighted by molar-refractivity contribution is 7.98. The zero-order valence-corrected chi connectivity index (χ0v) is 16.0. The van der Waals surface area contributed by atoms with Gasteiger partial charge in [0.1, 0.15) is 5.60 Å². The predicted octanol–water partition coefficient (Wildman–Crippen LogP) is 2.30. The SMILES string of the molecule is CCNC(=NCCCCSC)NC1CN(C(=O)OC(C)(C)C)C1. The van der Waals surface area contributed by atoms with Gasteiger partial charge < -0.3 is 20.3 Å². The van der Waals surface area contributed by atoms with Crippen LogP contribution >= 0.6 is 11.8 Å². The first-order chi connectivity index (χ1) is 10.9. The predicted molar refractivity (Wildman–Crippen MR) is 98.3 cm³/mol. The number of rotatable bonds is 7. The molecule has 6 nitrogen and oxygen atoms in total. The fourth-order valence-corrected chi connectivity index (χ4v) is 2.60. The normalized spacial score (nSPS) is 16.0. The molecule has 7 heteroatoms. The van der Waals surface area contributed by atoms with Crippen LogP contribution in [0.5, 0.6) is 0 Å². The Bertz CT molecular complexity index is 390. The van der Waals surface area contributed by atoms with Crippen LogP contribution in [0.3, 0.4) is 0 Å². The summed E-state index contributed by atoms with van der Waals surface area (Å²) < 4.78 is 5.36. The number of likely N-dealkylation sites (tertiary alicyclic amines) is 1. The molecule has 0 atom stereocenters. The molecule has 1 amide bonds. The molecular weight excluding hydrogens is 312 g/mol. The molecule has 1 aliphatic heterocycles. The Hall–Kier alpha value is -1.11. The Morgan fingerprint density at radius 3 is 2.61 bits per heavy atom. The summed E-state index contributed by atoms with van der Waals surface area (Å²) in [5.74, 6) is 2.03. The highest BCUT2D eigenvalue weighted by atomic mass is 32.2. The van der Waals surface area contributed by atoms with Crippen LogP contribution in [0.15, 0.2) is 4.99 Å². The number of ether oxygens (including phenoxy) is 1. The lowest BCUT2D eigenvalue weighted by Crippen LogP contribution is -2.63. The number of thioether (sulfide) groups is 1. The van der Waals surface area contributed by atoms with E-state index in [1.165, 1.54) is 12.2 Å². The summed E-state index contributed by atoms with van der Waals surface area (Å²) in [6.07, 6.45) is 4.18. The maximum atomic E-state index is 11.9. The lowest BCUT2D eigenvalue weighted by molar-refractivity contribution is 0.00701. The lowest BCUT2D eigenvalue weighted by atomic mass is 10.1. The molecule has 0 aliphatic carbocycles. The molecule has 1 fully saturated rings. The molecule has 0 unspecified atom stereocenters. The number of aliphatic imine (C=N–C) groups is 1. The van der Waals surface area contributed by atoms with Gasteiger partial charge in [-0.3, -0.25) is 4.99 Å². The van der Waals surface area contributed by atoms with Crippen LogP contribution in [0.25, 0.3) is 0 Å². The van der Waals surface area contributed by atoms with Gasteiger partial charge >= 0.3 is 6.09 Å². The third-order valence-corrected chi connectivity index (χ3v) is 3.94. The van der Waals surface area contributed by atoms with Crippen molar-refractivity contribution in [3.63, 3.8) is 0 Å². The Balaban J connectivity index is 2.31. The summed E-state index contributed by atoms with van der Waals surface area (Å²) in [6.45, 7) is 10.7. The number of hydrogen-bond donors (Lipinski definition) is 2. The molecule has 1 heterocycles. The van der Waals surface area contributed by atoms with E-state index >= 15 is 0 Å². The van der Waals surface area contributed by atoms with Crippen LogP contribution in [0.1, 0.15) is 40.5 Å². The minimum atomic E-state index is -0.442. The molecule has 0 spiro atoms. The van der Waals surface area contributed by atoms with Crippen molar-refractivity contribution in [1.82, 2.24) is 15.5 Å². The van der Waals surface area contributed by atoms with Crippen molar-refractivity contribution in [1.29, 1.82) is 0 Å². The Kier molecular flexibility index (Phi) is 8.58. The van der Waals surface area contributed by atoms with Crippen LogP contribution in [0.4, 0.5) is 4.79 Å². The Morgan fingerprint density at radius 2 is 2.04 bits per heavy atom.